The summed E-state index contributed by atoms with van der Waals surface area (Å²) < 4.78 is 0. The molecule has 0 spiro atoms. The Labute approximate surface area is 69.4 Å². The van der Waals surface area contributed by atoms with Crippen LogP contribution in [0.4, 0.5) is 0 Å². The zero-order chi connectivity index (χ0) is 2.71. The zero-order valence-corrected chi connectivity index (χ0v) is 6.48. The van der Waals surface area contributed by atoms with Crippen LogP contribution in [0.25, 0.3) is 0 Å². The Kier molecular flexibility index (Phi) is 20.2. The van der Waals surface area contributed by atoms with Gasteiger partial charge in [-0.15, -0.1) is 0 Å². The van der Waals surface area contributed by atoms with Crippen LogP contribution in [0.3, 0.4) is 0 Å². The van der Waals surface area contributed by atoms with Crippen molar-refractivity contribution in [1.29, 1.82) is 0 Å². The van der Waals surface area contributed by atoms with Crippen molar-refractivity contribution in [3.8, 4) is 0 Å². The summed E-state index contributed by atoms with van der Waals surface area (Å²) in [5.74, 6) is 0. The summed E-state index contributed by atoms with van der Waals surface area (Å²) in [5, 5.41) is 0. The molecule has 2 nitrogen and oxygen atoms in total. The smallest absolute Gasteiger partial charge is 0.371 e. The van der Waals surface area contributed by atoms with Gasteiger partial charge < -0.3 is 9.39 Å². The fourth-order valence-electron chi connectivity index (χ4n) is 0. The van der Waals surface area contributed by atoms with Crippen molar-refractivity contribution < 1.29 is 51.4 Å². The first-order chi connectivity index (χ1) is 1.41. The molecule has 0 amide bonds. The Bertz CT molecular complexity index is 15.5. The zero-order valence-electron chi connectivity index (χ0n) is 2.36. The molecule has 0 aliphatic rings. The molecule has 0 N–H and O–H groups in total. The maximum atomic E-state index is 8.47. The Morgan fingerprint density at radius 2 is 1.75 bits per heavy atom. The van der Waals surface area contributed by atoms with Gasteiger partial charge in [0.1, 0.15) is 0 Å². The second kappa shape index (κ2) is 8.82. The largest absolute Gasteiger partial charge is 1.00 e. The van der Waals surface area contributed by atoms with Gasteiger partial charge in [-0.2, -0.15) is 4.91 Å². The van der Waals surface area contributed by atoms with Crippen LogP contribution in [0.15, 0.2) is 4.95 Å². The van der Waals surface area contributed by atoms with Gasteiger partial charge in [-0.1, -0.05) is 0 Å². The van der Waals surface area contributed by atoms with E-state index in [1.807, 2.05) is 0 Å². The minimum Gasteiger partial charge on any atom is -0.371 e. The standard InChI is InChI=1S/K.HNOP/c;2-1-3/h;3H/q+1;-1. The van der Waals surface area contributed by atoms with Crippen LogP contribution >= 0.6 is 9.39 Å². The Hall–Kier alpha value is 1.67. The summed E-state index contributed by atoms with van der Waals surface area (Å²) in [4.78, 5) is 10.5. The van der Waals surface area contributed by atoms with Crippen molar-refractivity contribution in [2.45, 2.75) is 0 Å². The summed E-state index contributed by atoms with van der Waals surface area (Å²) in [6.07, 6.45) is 0. The number of nitroso groups, excluding NO2 is 1. The fourth-order valence-corrected chi connectivity index (χ4v) is 0. The molecule has 0 unspecified atom stereocenters. The quantitative estimate of drug-likeness (QED) is 0.194. The van der Waals surface area contributed by atoms with Gasteiger partial charge in [0.2, 0.25) is 0 Å². The van der Waals surface area contributed by atoms with E-state index in [0.717, 1.165) is 0 Å². The SMILES string of the molecule is O=N[PH-].[K+]. The van der Waals surface area contributed by atoms with Gasteiger partial charge in [-0.25, -0.2) is 0 Å². The number of nitrogens with zero attached hydrogens (tertiary/aromatic N) is 1. The minimum atomic E-state index is 0. The molecular weight excluding hydrogens is 100 g/mol. The molecule has 0 aromatic heterocycles. The van der Waals surface area contributed by atoms with E-state index in [9.17, 15) is 0 Å². The van der Waals surface area contributed by atoms with E-state index in [-0.39, 0.29) is 51.4 Å². The second-order valence-corrected chi connectivity index (χ2v) is 0.274. The minimum absolute atomic E-state index is 0. The predicted molar refractivity (Wildman–Crippen MR) is 14.1 cm³/mol. The maximum Gasteiger partial charge on any atom is 1.00 e. The third kappa shape index (κ3) is 9.39. The van der Waals surface area contributed by atoms with Crippen molar-refractivity contribution in [3.05, 3.63) is 4.91 Å². The number of hydrogen-bond donors (Lipinski definition) is 0. The molecule has 0 aliphatic carbocycles. The molecule has 0 atom stereocenters. The van der Waals surface area contributed by atoms with Crippen molar-refractivity contribution in [2.24, 2.45) is 4.95 Å². The normalized spacial score (nSPS) is 3.25. The average molecular weight is 101 g/mol. The number of rotatable bonds is 0. The van der Waals surface area contributed by atoms with Crippen LogP contribution in [0.1, 0.15) is 0 Å². The van der Waals surface area contributed by atoms with Gasteiger partial charge >= 0.3 is 51.4 Å². The molecule has 0 fully saturated rings. The Morgan fingerprint density at radius 3 is 1.75 bits per heavy atom. The first kappa shape index (κ1) is 9.18. The summed E-state index contributed by atoms with van der Waals surface area (Å²) >= 11 is 0. The molecule has 0 aromatic carbocycles. The summed E-state index contributed by atoms with van der Waals surface area (Å²) in [5.41, 5.74) is 0. The van der Waals surface area contributed by atoms with Crippen LogP contribution in [-0.2, 0) is 0 Å². The van der Waals surface area contributed by atoms with Gasteiger partial charge in [0.25, 0.3) is 0 Å². The first-order valence-electron chi connectivity index (χ1n) is 0.406. The van der Waals surface area contributed by atoms with Gasteiger partial charge in [0.15, 0.2) is 0 Å². The van der Waals surface area contributed by atoms with E-state index in [4.69, 9.17) is 4.91 Å². The van der Waals surface area contributed by atoms with Crippen LogP contribution in [0, 0.1) is 4.91 Å². The Balaban J connectivity index is 0. The summed E-state index contributed by atoms with van der Waals surface area (Å²) in [6, 6.07) is 0. The second-order valence-electron chi connectivity index (χ2n) is 0.0913. The van der Waals surface area contributed by atoms with Gasteiger partial charge in [0, 0.05) is 0 Å². The van der Waals surface area contributed by atoms with Gasteiger partial charge in [-0.3, -0.25) is 4.95 Å². The Morgan fingerprint density at radius 1 is 1.75 bits per heavy atom. The van der Waals surface area contributed by atoms with Crippen molar-refractivity contribution in [3.63, 3.8) is 0 Å². The van der Waals surface area contributed by atoms with E-state index in [0.29, 0.717) is 0 Å². The third-order valence-corrected chi connectivity index (χ3v) is 0. The fraction of sp³-hybridized carbons (Fsp3) is 0. The van der Waals surface area contributed by atoms with Crippen molar-refractivity contribution in [1.82, 2.24) is 0 Å². The van der Waals surface area contributed by atoms with Crippen LogP contribution in [0.2, 0.25) is 0 Å². The van der Waals surface area contributed by atoms with Crippen LogP contribution in [0.5, 0.6) is 0 Å². The molecule has 0 heterocycles. The van der Waals surface area contributed by atoms with E-state index < -0.39 is 0 Å². The predicted octanol–water partition coefficient (Wildman–Crippen LogP) is -2.19. The molecule has 0 rings (SSSR count). The monoisotopic (exact) mass is 101 g/mol. The molecule has 18 valence electrons. The molecule has 4 heteroatoms. The van der Waals surface area contributed by atoms with Crippen LogP contribution < -0.4 is 51.4 Å². The molecule has 0 bridgehead atoms. The molecular formula is HKNOP. The first-order valence-corrected chi connectivity index (χ1v) is 0.853. The van der Waals surface area contributed by atoms with Crippen LogP contribution in [-0.4, -0.2) is 0 Å². The third-order valence-electron chi connectivity index (χ3n) is 0. The van der Waals surface area contributed by atoms with E-state index in [1.165, 1.54) is 0 Å². The molecule has 0 saturated heterocycles. The summed E-state index contributed by atoms with van der Waals surface area (Å²) in [7, 11) is 2.25. The van der Waals surface area contributed by atoms with Crippen molar-refractivity contribution >= 4 is 9.39 Å². The molecule has 0 saturated carbocycles. The molecule has 0 aromatic rings. The number of hydrogen-bond acceptors (Lipinski definition) is 2. The summed E-state index contributed by atoms with van der Waals surface area (Å²) in [6.45, 7) is 0. The van der Waals surface area contributed by atoms with E-state index in [1.54, 1.807) is 0 Å². The van der Waals surface area contributed by atoms with Gasteiger partial charge in [0.05, 0.1) is 0 Å². The molecule has 0 aliphatic heterocycles. The average Bonchev–Trinajstić information content (AvgIpc) is 0.918. The molecule has 0 radical (unpaired) electrons. The van der Waals surface area contributed by atoms with Gasteiger partial charge in [-0.05, 0) is 0 Å². The molecule has 4 heavy (non-hydrogen) atoms. The topological polar surface area (TPSA) is 29.4 Å². The van der Waals surface area contributed by atoms with E-state index in [2.05, 4.69) is 14.3 Å². The maximum absolute atomic E-state index is 8.47. The van der Waals surface area contributed by atoms with Crippen molar-refractivity contribution in [2.75, 3.05) is 0 Å². The van der Waals surface area contributed by atoms with E-state index >= 15 is 0 Å².